The number of amides is 1. The molecule has 33 heavy (non-hydrogen) atoms. The molecular weight excluding hydrogens is 483 g/mol. The van der Waals surface area contributed by atoms with Gasteiger partial charge in [-0.1, -0.05) is 23.2 Å². The molecule has 10 heteroatoms. The lowest BCUT2D eigenvalue weighted by molar-refractivity contribution is -0.125. The number of anilines is 1. The van der Waals surface area contributed by atoms with Gasteiger partial charge in [0.15, 0.2) is 0 Å². The van der Waals surface area contributed by atoms with Gasteiger partial charge < -0.3 is 10.6 Å². The van der Waals surface area contributed by atoms with Crippen LogP contribution in [0, 0.1) is 5.92 Å². The van der Waals surface area contributed by atoms with Crippen molar-refractivity contribution in [1.82, 2.24) is 14.6 Å². The second-order valence-electron chi connectivity index (χ2n) is 7.89. The first-order chi connectivity index (χ1) is 15.8. The van der Waals surface area contributed by atoms with Crippen LogP contribution in [0.25, 0.3) is 10.9 Å². The lowest BCUT2D eigenvalue weighted by Gasteiger charge is -2.31. The second kappa shape index (κ2) is 10.3. The molecule has 4 rings (SSSR count). The van der Waals surface area contributed by atoms with Crippen LogP contribution in [0.1, 0.15) is 12.8 Å². The number of pyridine rings is 1. The van der Waals surface area contributed by atoms with E-state index in [4.69, 9.17) is 23.2 Å². The van der Waals surface area contributed by atoms with Gasteiger partial charge in [-0.25, -0.2) is 8.42 Å². The second-order valence-corrected chi connectivity index (χ2v) is 10.7. The van der Waals surface area contributed by atoms with E-state index in [2.05, 4.69) is 15.6 Å². The molecule has 0 aliphatic carbocycles. The molecule has 2 heterocycles. The predicted molar refractivity (Wildman–Crippen MR) is 131 cm³/mol. The van der Waals surface area contributed by atoms with Gasteiger partial charge >= 0.3 is 0 Å². The van der Waals surface area contributed by atoms with Crippen molar-refractivity contribution in [3.63, 3.8) is 0 Å². The number of sulfonamides is 1. The summed E-state index contributed by atoms with van der Waals surface area (Å²) in [5, 5.41) is 8.28. The van der Waals surface area contributed by atoms with Crippen molar-refractivity contribution in [2.75, 3.05) is 31.5 Å². The van der Waals surface area contributed by atoms with Crippen LogP contribution in [0.3, 0.4) is 0 Å². The Bertz CT molecular complexity index is 1250. The summed E-state index contributed by atoms with van der Waals surface area (Å²) in [6.45, 7) is 1.50. The number of nitrogens with one attached hydrogen (secondary N) is 2. The van der Waals surface area contributed by atoms with Gasteiger partial charge in [0.2, 0.25) is 15.9 Å². The SMILES string of the molecule is O=C(NCCNc1ccnc2cc(Cl)ccc12)C1CCCN(S(=O)(=O)c2ccc(Cl)cc2)C1. The molecule has 2 aromatic carbocycles. The third-order valence-electron chi connectivity index (χ3n) is 5.65. The maximum atomic E-state index is 12.9. The average Bonchev–Trinajstić information content (AvgIpc) is 2.82. The molecule has 1 aromatic heterocycles. The third-order valence-corrected chi connectivity index (χ3v) is 8.02. The van der Waals surface area contributed by atoms with Gasteiger partial charge in [0.05, 0.1) is 16.3 Å². The van der Waals surface area contributed by atoms with E-state index in [0.717, 1.165) is 16.6 Å². The van der Waals surface area contributed by atoms with Gasteiger partial charge in [-0.05, 0) is 61.4 Å². The van der Waals surface area contributed by atoms with Gasteiger partial charge in [-0.15, -0.1) is 0 Å². The molecule has 0 saturated carbocycles. The monoisotopic (exact) mass is 506 g/mol. The van der Waals surface area contributed by atoms with E-state index in [1.807, 2.05) is 18.2 Å². The Kier molecular flexibility index (Phi) is 7.38. The van der Waals surface area contributed by atoms with Crippen LogP contribution in [0.15, 0.2) is 59.6 Å². The van der Waals surface area contributed by atoms with Crippen LogP contribution in [-0.2, 0) is 14.8 Å². The molecule has 1 fully saturated rings. The van der Waals surface area contributed by atoms with Crippen molar-refractivity contribution < 1.29 is 13.2 Å². The Labute approximate surface area is 203 Å². The van der Waals surface area contributed by atoms with Crippen LogP contribution in [0.5, 0.6) is 0 Å². The zero-order valence-corrected chi connectivity index (χ0v) is 20.1. The highest BCUT2D eigenvalue weighted by Crippen LogP contribution is 2.26. The topological polar surface area (TPSA) is 91.4 Å². The number of hydrogen-bond donors (Lipinski definition) is 2. The van der Waals surface area contributed by atoms with Gasteiger partial charge in [0.25, 0.3) is 0 Å². The van der Waals surface area contributed by atoms with E-state index in [1.54, 1.807) is 24.4 Å². The van der Waals surface area contributed by atoms with Gasteiger partial charge in [0.1, 0.15) is 0 Å². The lowest BCUT2D eigenvalue weighted by Crippen LogP contribution is -2.46. The number of benzene rings is 2. The predicted octanol–water partition coefficient (Wildman–Crippen LogP) is 4.17. The first kappa shape index (κ1) is 23.8. The minimum absolute atomic E-state index is 0.140. The van der Waals surface area contributed by atoms with Crippen LogP contribution in [0.4, 0.5) is 5.69 Å². The van der Waals surface area contributed by atoms with Gasteiger partial charge in [-0.2, -0.15) is 4.31 Å². The Balaban J connectivity index is 1.31. The van der Waals surface area contributed by atoms with Crippen molar-refractivity contribution in [2.24, 2.45) is 5.92 Å². The molecule has 0 spiro atoms. The summed E-state index contributed by atoms with van der Waals surface area (Å²) in [5.41, 5.74) is 1.70. The minimum Gasteiger partial charge on any atom is -0.383 e. The first-order valence-electron chi connectivity index (χ1n) is 10.7. The number of rotatable bonds is 7. The van der Waals surface area contributed by atoms with Crippen molar-refractivity contribution in [3.8, 4) is 0 Å². The molecule has 1 amide bonds. The van der Waals surface area contributed by atoms with Crippen molar-refractivity contribution >= 4 is 55.7 Å². The summed E-state index contributed by atoms with van der Waals surface area (Å²) in [6, 6.07) is 13.5. The number of carbonyl (C=O) groups excluding carboxylic acids is 1. The summed E-state index contributed by atoms with van der Waals surface area (Å²) < 4.78 is 27.3. The zero-order chi connectivity index (χ0) is 23.4. The number of nitrogens with zero attached hydrogens (tertiary/aromatic N) is 2. The van der Waals surface area contributed by atoms with E-state index >= 15 is 0 Å². The van der Waals surface area contributed by atoms with Crippen LogP contribution < -0.4 is 10.6 Å². The van der Waals surface area contributed by atoms with Crippen LogP contribution in [0.2, 0.25) is 10.0 Å². The number of halogens is 2. The molecule has 3 aromatic rings. The lowest BCUT2D eigenvalue weighted by atomic mass is 9.99. The number of fused-ring (bicyclic) bond motifs is 1. The fourth-order valence-corrected chi connectivity index (χ4v) is 5.75. The van der Waals surface area contributed by atoms with E-state index in [9.17, 15) is 13.2 Å². The minimum atomic E-state index is -3.66. The maximum absolute atomic E-state index is 12.9. The zero-order valence-electron chi connectivity index (χ0n) is 17.8. The molecule has 1 aliphatic rings. The molecule has 7 nitrogen and oxygen atoms in total. The maximum Gasteiger partial charge on any atom is 0.243 e. The van der Waals surface area contributed by atoms with E-state index < -0.39 is 10.0 Å². The number of piperidine rings is 1. The van der Waals surface area contributed by atoms with Crippen molar-refractivity contribution in [1.29, 1.82) is 0 Å². The fourth-order valence-electron chi connectivity index (χ4n) is 3.93. The highest BCUT2D eigenvalue weighted by Gasteiger charge is 2.33. The quantitative estimate of drug-likeness (QED) is 0.469. The smallest absolute Gasteiger partial charge is 0.243 e. The molecule has 174 valence electrons. The Morgan fingerprint density at radius 2 is 1.82 bits per heavy atom. The number of hydrogen-bond acceptors (Lipinski definition) is 5. The molecule has 1 unspecified atom stereocenters. The molecule has 0 bridgehead atoms. The number of carbonyl (C=O) groups is 1. The van der Waals surface area contributed by atoms with E-state index in [-0.39, 0.29) is 23.3 Å². The molecular formula is C23H24Cl2N4O3S. The Hall–Kier alpha value is -2.39. The summed E-state index contributed by atoms with van der Waals surface area (Å²) in [5.74, 6) is -0.524. The Morgan fingerprint density at radius 1 is 1.06 bits per heavy atom. The summed E-state index contributed by atoms with van der Waals surface area (Å²) in [4.78, 5) is 17.2. The molecule has 1 aliphatic heterocycles. The van der Waals surface area contributed by atoms with E-state index in [1.165, 1.54) is 16.4 Å². The average molecular weight is 507 g/mol. The summed E-state index contributed by atoms with van der Waals surface area (Å²) in [6.07, 6.45) is 2.99. The third kappa shape index (κ3) is 5.58. The molecule has 0 radical (unpaired) electrons. The van der Waals surface area contributed by atoms with Crippen molar-refractivity contribution in [3.05, 3.63) is 64.8 Å². The fraction of sp³-hybridized carbons (Fsp3) is 0.304. The molecule has 1 atom stereocenters. The Morgan fingerprint density at radius 3 is 2.61 bits per heavy atom. The first-order valence-corrected chi connectivity index (χ1v) is 12.9. The summed E-state index contributed by atoms with van der Waals surface area (Å²) in [7, 11) is -3.66. The van der Waals surface area contributed by atoms with Crippen LogP contribution in [-0.4, -0.2) is 49.8 Å². The van der Waals surface area contributed by atoms with Crippen molar-refractivity contribution in [2.45, 2.75) is 17.7 Å². The van der Waals surface area contributed by atoms with E-state index in [0.29, 0.717) is 42.5 Å². The normalized spacial score (nSPS) is 17.1. The largest absolute Gasteiger partial charge is 0.383 e. The standard InChI is InChI=1S/C23H24Cl2N4O3S/c24-17-3-6-19(7-4-17)33(31,32)29-13-1-2-16(15-29)23(30)28-12-11-27-21-9-10-26-22-14-18(25)5-8-20(21)22/h3-10,14,16H,1-2,11-13,15H2,(H,26,27)(H,28,30). The number of aromatic nitrogens is 1. The highest BCUT2D eigenvalue weighted by molar-refractivity contribution is 7.89. The molecule has 1 saturated heterocycles. The van der Waals surface area contributed by atoms with Gasteiger partial charge in [0, 0.05) is 53.5 Å². The summed E-state index contributed by atoms with van der Waals surface area (Å²) >= 11 is 11.9. The molecule has 2 N–H and O–H groups in total. The van der Waals surface area contributed by atoms with Gasteiger partial charge in [-0.3, -0.25) is 9.78 Å². The highest BCUT2D eigenvalue weighted by atomic mass is 35.5. The van der Waals surface area contributed by atoms with Crippen LogP contribution >= 0.6 is 23.2 Å².